The van der Waals surface area contributed by atoms with Crippen molar-refractivity contribution < 1.29 is 70.7 Å². The first-order chi connectivity index (χ1) is 47.2. The Labute approximate surface area is 593 Å². The topological polar surface area (TPSA) is 270 Å². The molecule has 4 aliphatic heterocycles. The second-order valence-corrected chi connectivity index (χ2v) is 29.9. The summed E-state index contributed by atoms with van der Waals surface area (Å²) in [6, 6.07) is -7.78. The van der Waals surface area contributed by atoms with Crippen LogP contribution in [0.2, 0.25) is 5.02 Å². The molecule has 0 aromatic heterocycles. The van der Waals surface area contributed by atoms with Gasteiger partial charge >= 0.3 is 6.18 Å². The highest BCUT2D eigenvalue weighted by molar-refractivity contribution is 6.31. The van der Waals surface area contributed by atoms with Gasteiger partial charge in [-0.15, -0.1) is 0 Å². The number of unbranched alkanes of at least 4 members (excludes halogenated alkanes) is 1. The van der Waals surface area contributed by atoms with Crippen LogP contribution in [0, 0.1) is 17.8 Å². The molecule has 100 heavy (non-hydrogen) atoms. The summed E-state index contributed by atoms with van der Waals surface area (Å²) in [5, 5.41) is 8.17. The standard InChI is InChI=1S/C72H110ClF3N12O12/c1-13-15-27-52-61(91)78-59(45(5)14-2)68(98)81(8)46(6)63(93)88-39-33-54(88)66(96)83(10)55(41-47-25-18-16-19-26-47)65(95)80(7)43-57(89)77-51(32-30-48-29-31-49(50(73)40-48)72(74,75)76)64(94)87-38-24-28-53(87)62(92)79-71(34-20-21-35-71)70(100)85(12)60(44(3)4)69(99)84(11)56(42-58(90)82(52)9)67(97)86-36-22-17-23-37-86/h29,31,40,44-47,51-56,59-60H,13-28,30,32-39,41-43H2,1-12H3,(H,77,89)(H,78,91)(H,79,92)/t45-,46-,51-,52-,53-,54-,55-,56-,59-,60-/m0/s1. The number of carbonyl (C=O) groups is 12. The monoisotopic (exact) mass is 1430 g/mol. The molecule has 1 aromatic carbocycles. The lowest BCUT2D eigenvalue weighted by atomic mass is 9.84. The van der Waals surface area contributed by atoms with Crippen molar-refractivity contribution in [3.63, 3.8) is 0 Å². The van der Waals surface area contributed by atoms with Crippen LogP contribution in [0.3, 0.4) is 0 Å². The van der Waals surface area contributed by atoms with Gasteiger partial charge < -0.3 is 60.0 Å². The van der Waals surface area contributed by atoms with Crippen LogP contribution >= 0.6 is 11.6 Å². The van der Waals surface area contributed by atoms with Crippen molar-refractivity contribution in [3.05, 3.63) is 34.3 Å². The highest BCUT2D eigenvalue weighted by Crippen LogP contribution is 2.38. The third-order valence-electron chi connectivity index (χ3n) is 22.3. The molecular formula is C72H110ClF3N12O12. The van der Waals surface area contributed by atoms with Gasteiger partial charge in [-0.2, -0.15) is 13.2 Å². The van der Waals surface area contributed by atoms with Gasteiger partial charge in [-0.25, -0.2) is 0 Å². The number of nitrogens with zero attached hydrogens (tertiary/aromatic N) is 9. The zero-order valence-corrected chi connectivity index (χ0v) is 61.7. The van der Waals surface area contributed by atoms with Crippen molar-refractivity contribution in [2.75, 3.05) is 75.0 Å². The Kier molecular flexibility index (Phi) is 28.3. The minimum Gasteiger partial charge on any atom is -0.343 e. The fourth-order valence-corrected chi connectivity index (χ4v) is 15.8. The third-order valence-corrected chi connectivity index (χ3v) is 22.6. The van der Waals surface area contributed by atoms with Crippen molar-refractivity contribution in [2.24, 2.45) is 17.8 Å². The molecule has 6 aliphatic rings. The Morgan fingerprint density at radius 3 is 1.87 bits per heavy atom. The highest BCUT2D eigenvalue weighted by atomic mass is 35.5. The zero-order valence-electron chi connectivity index (χ0n) is 60.9. The molecule has 12 amide bonds. The van der Waals surface area contributed by atoms with E-state index in [2.05, 4.69) is 16.0 Å². The lowest BCUT2D eigenvalue weighted by molar-refractivity contribution is -0.160. The fourth-order valence-electron chi connectivity index (χ4n) is 15.5. The Morgan fingerprint density at radius 2 is 1.28 bits per heavy atom. The maximum Gasteiger partial charge on any atom is 0.417 e. The molecule has 0 bridgehead atoms. The first-order valence-electron chi connectivity index (χ1n) is 36.4. The van der Waals surface area contributed by atoms with Gasteiger partial charge in [0, 0.05) is 68.5 Å². The number of rotatable bonds is 12. The van der Waals surface area contributed by atoms with E-state index in [0.29, 0.717) is 70.0 Å². The molecule has 28 heteroatoms. The third kappa shape index (κ3) is 18.8. The molecular weight excluding hydrogens is 1320 g/mol. The number of benzene rings is 1. The van der Waals surface area contributed by atoms with Crippen molar-refractivity contribution in [1.29, 1.82) is 0 Å². The van der Waals surface area contributed by atoms with E-state index < -0.39 is 172 Å². The first kappa shape index (κ1) is 80.3. The molecule has 0 unspecified atom stereocenters. The van der Waals surface area contributed by atoms with Gasteiger partial charge in [0.05, 0.1) is 23.6 Å². The van der Waals surface area contributed by atoms with E-state index in [4.69, 9.17) is 11.6 Å². The second-order valence-electron chi connectivity index (χ2n) is 29.5. The Hall–Kier alpha value is -7.06. The number of fused-ring (bicyclic) bond motifs is 2. The van der Waals surface area contributed by atoms with Gasteiger partial charge in [0.15, 0.2) is 0 Å². The van der Waals surface area contributed by atoms with E-state index >= 15 is 24.0 Å². The van der Waals surface area contributed by atoms with Crippen LogP contribution in [0.1, 0.15) is 194 Å². The quantitative estimate of drug-likeness (QED) is 0.212. The van der Waals surface area contributed by atoms with Crippen molar-refractivity contribution >= 4 is 82.5 Å². The number of piperidine rings is 1. The summed E-state index contributed by atoms with van der Waals surface area (Å²) in [5.74, 6) is -8.65. The molecule has 0 radical (unpaired) electrons. The van der Waals surface area contributed by atoms with E-state index in [1.54, 1.807) is 25.7 Å². The number of likely N-dealkylation sites (N-methyl/N-ethyl adjacent to an activating group) is 6. The van der Waals surface area contributed by atoms with E-state index in [-0.39, 0.29) is 70.4 Å². The SMILES string of the molecule is CCCC[C@H]1C(=O)N[C@@H]([C@@H](C)CC)C(=O)N(C)[C@@H](C)C(=O)N2CC[C@H]2C(=O)N(C)[C@@H](CC2CCCCC2)C(=O)N(C)CC(=O)N[C@@H](CCc2ccc(C(F)(F)F)c(Cl)c2)C(=O)N2CCC[C@H]2C(=O)NC2(CCCC2)C(=O)N(C)[C@@H](C(C)C)C(=O)N(C)[C@H](C(=O)N2CCCCC2)CC(=O)N1C. The molecule has 1 spiro atoms. The first-order valence-corrected chi connectivity index (χ1v) is 36.8. The number of amides is 12. The number of carbonyl (C=O) groups excluding carboxylic acids is 12. The summed E-state index contributed by atoms with van der Waals surface area (Å²) < 4.78 is 41.6. The molecule has 2 saturated carbocycles. The summed E-state index contributed by atoms with van der Waals surface area (Å²) in [5.41, 5.74) is -2.35. The largest absolute Gasteiger partial charge is 0.417 e. The van der Waals surface area contributed by atoms with Crippen LogP contribution in [0.4, 0.5) is 13.2 Å². The number of hydrogen-bond donors (Lipinski definition) is 3. The number of nitrogens with one attached hydrogen (secondary N) is 3. The lowest BCUT2D eigenvalue weighted by Crippen LogP contribution is -2.65. The number of halogens is 4. The number of likely N-dealkylation sites (tertiary alicyclic amines) is 1. The maximum absolute atomic E-state index is 15.4. The van der Waals surface area contributed by atoms with Gasteiger partial charge in [0.2, 0.25) is 70.9 Å². The predicted molar refractivity (Wildman–Crippen MR) is 369 cm³/mol. The van der Waals surface area contributed by atoms with Gasteiger partial charge in [-0.05, 0) is 119 Å². The van der Waals surface area contributed by atoms with Crippen molar-refractivity contribution in [2.45, 2.75) is 255 Å². The highest BCUT2D eigenvalue weighted by Gasteiger charge is 2.51. The number of aryl methyl sites for hydroxylation is 1. The normalized spacial score (nSPS) is 27.8. The minimum atomic E-state index is -4.76. The van der Waals surface area contributed by atoms with Gasteiger partial charge in [-0.1, -0.05) is 116 Å². The molecule has 558 valence electrons. The van der Waals surface area contributed by atoms with Crippen molar-refractivity contribution in [3.8, 4) is 0 Å². The van der Waals surface area contributed by atoms with Crippen LogP contribution in [0.25, 0.3) is 0 Å². The molecule has 7 rings (SSSR count). The Balaban J connectivity index is 1.28. The average molecular weight is 1430 g/mol. The van der Waals surface area contributed by atoms with E-state index in [1.807, 2.05) is 13.8 Å². The second kappa shape index (κ2) is 35.2. The van der Waals surface area contributed by atoms with E-state index in [1.165, 1.54) is 89.6 Å². The van der Waals surface area contributed by atoms with Gasteiger partial charge in [0.1, 0.15) is 59.9 Å². The van der Waals surface area contributed by atoms with Crippen LogP contribution < -0.4 is 16.0 Å². The molecule has 4 saturated heterocycles. The Morgan fingerprint density at radius 1 is 0.640 bits per heavy atom. The van der Waals surface area contributed by atoms with Crippen molar-refractivity contribution in [1.82, 2.24) is 60.0 Å². The van der Waals surface area contributed by atoms with Crippen LogP contribution in [-0.2, 0) is 70.1 Å². The number of alkyl halides is 3. The number of hydrogen-bond acceptors (Lipinski definition) is 12. The van der Waals surface area contributed by atoms with E-state index in [0.717, 1.165) is 55.6 Å². The summed E-state index contributed by atoms with van der Waals surface area (Å²) >= 11 is 6.16. The fraction of sp³-hybridized carbons (Fsp3) is 0.750. The summed E-state index contributed by atoms with van der Waals surface area (Å²) in [6.45, 7) is 10.8. The summed E-state index contributed by atoms with van der Waals surface area (Å²) in [7, 11) is 8.62. The summed E-state index contributed by atoms with van der Waals surface area (Å²) in [4.78, 5) is 192. The molecule has 4 heterocycles. The molecule has 10 atom stereocenters. The van der Waals surface area contributed by atoms with Crippen LogP contribution in [0.5, 0.6) is 0 Å². The Bertz CT molecular complexity index is 3140. The maximum atomic E-state index is 15.4. The molecule has 1 aromatic rings. The van der Waals surface area contributed by atoms with Gasteiger partial charge in [0.25, 0.3) is 0 Å². The lowest BCUT2D eigenvalue weighted by Gasteiger charge is -2.45. The molecule has 2 aliphatic carbocycles. The summed E-state index contributed by atoms with van der Waals surface area (Å²) in [6.07, 6.45) is 4.95. The molecule has 3 N–H and O–H groups in total. The predicted octanol–water partition coefficient (Wildman–Crippen LogP) is 6.17. The molecule has 24 nitrogen and oxygen atoms in total. The zero-order chi connectivity index (χ0) is 73.8. The smallest absolute Gasteiger partial charge is 0.343 e. The minimum absolute atomic E-state index is 0.0241. The van der Waals surface area contributed by atoms with Crippen LogP contribution in [0.15, 0.2) is 18.2 Å². The molecule has 6 fully saturated rings. The van der Waals surface area contributed by atoms with Gasteiger partial charge in [-0.3, -0.25) is 57.5 Å². The van der Waals surface area contributed by atoms with E-state index in [9.17, 15) is 46.7 Å². The average Bonchev–Trinajstić information content (AvgIpc) is 1.22. The van der Waals surface area contributed by atoms with Crippen LogP contribution in [-0.4, -0.2) is 250 Å².